The van der Waals surface area contributed by atoms with Gasteiger partial charge in [0.25, 0.3) is 0 Å². The lowest BCUT2D eigenvalue weighted by Crippen LogP contribution is -2.40. The van der Waals surface area contributed by atoms with Gasteiger partial charge in [-0.3, -0.25) is 0 Å². The van der Waals surface area contributed by atoms with Crippen LogP contribution in [0.5, 0.6) is 0 Å². The molecule has 0 bridgehead atoms. The molecular weight excluding hydrogens is 170 g/mol. The SMILES string of the molecule is CC[C@@H]1CCC[C@H](CC)C1N.Cl. The minimum atomic E-state index is 0. The van der Waals surface area contributed by atoms with Crippen molar-refractivity contribution in [2.24, 2.45) is 17.6 Å². The molecule has 1 saturated carbocycles. The molecule has 1 rings (SSSR count). The molecule has 3 atom stereocenters. The number of hydrogen-bond acceptors (Lipinski definition) is 1. The molecule has 0 aromatic carbocycles. The second-order valence-corrected chi connectivity index (χ2v) is 3.84. The number of halogens is 1. The van der Waals surface area contributed by atoms with Crippen molar-refractivity contribution in [2.75, 3.05) is 0 Å². The summed E-state index contributed by atoms with van der Waals surface area (Å²) in [6.45, 7) is 4.53. The standard InChI is InChI=1S/C10H21N.ClH/c1-3-8-6-5-7-9(4-2)10(8)11;/h8-10H,3-7,11H2,1-2H3;1H/t8-,9+,10?;. The van der Waals surface area contributed by atoms with Crippen LogP contribution in [-0.4, -0.2) is 6.04 Å². The Morgan fingerprint density at radius 1 is 1.08 bits per heavy atom. The summed E-state index contributed by atoms with van der Waals surface area (Å²) in [4.78, 5) is 0. The lowest BCUT2D eigenvalue weighted by Gasteiger charge is -2.34. The van der Waals surface area contributed by atoms with Crippen LogP contribution in [0.25, 0.3) is 0 Å². The van der Waals surface area contributed by atoms with Crippen molar-refractivity contribution < 1.29 is 0 Å². The number of rotatable bonds is 2. The molecule has 0 aromatic heterocycles. The second kappa shape index (κ2) is 5.82. The van der Waals surface area contributed by atoms with Gasteiger partial charge in [-0.15, -0.1) is 12.4 Å². The van der Waals surface area contributed by atoms with Gasteiger partial charge >= 0.3 is 0 Å². The van der Waals surface area contributed by atoms with Gasteiger partial charge in [0.15, 0.2) is 0 Å². The molecular formula is C10H22ClN. The zero-order chi connectivity index (χ0) is 8.27. The van der Waals surface area contributed by atoms with Crippen molar-refractivity contribution in [3.8, 4) is 0 Å². The molecule has 2 heteroatoms. The first-order valence-corrected chi connectivity index (χ1v) is 5.05. The Balaban J connectivity index is 0.00000121. The molecule has 12 heavy (non-hydrogen) atoms. The molecule has 0 saturated heterocycles. The average Bonchev–Trinajstić information content (AvgIpc) is 2.05. The molecule has 0 aromatic rings. The van der Waals surface area contributed by atoms with Crippen LogP contribution in [0.2, 0.25) is 0 Å². The van der Waals surface area contributed by atoms with Crippen molar-refractivity contribution in [1.82, 2.24) is 0 Å². The van der Waals surface area contributed by atoms with Gasteiger partial charge in [-0.25, -0.2) is 0 Å². The molecule has 1 fully saturated rings. The number of hydrogen-bond donors (Lipinski definition) is 1. The van der Waals surface area contributed by atoms with Crippen molar-refractivity contribution in [3.05, 3.63) is 0 Å². The topological polar surface area (TPSA) is 26.0 Å². The van der Waals surface area contributed by atoms with Crippen LogP contribution >= 0.6 is 12.4 Å². The third-order valence-electron chi connectivity index (χ3n) is 3.29. The van der Waals surface area contributed by atoms with Crippen LogP contribution in [-0.2, 0) is 0 Å². The fourth-order valence-electron chi connectivity index (χ4n) is 2.36. The maximum atomic E-state index is 6.14. The van der Waals surface area contributed by atoms with E-state index in [1.807, 2.05) is 0 Å². The van der Waals surface area contributed by atoms with E-state index in [1.165, 1.54) is 32.1 Å². The molecule has 0 heterocycles. The zero-order valence-corrected chi connectivity index (χ0v) is 9.07. The monoisotopic (exact) mass is 191 g/mol. The van der Waals surface area contributed by atoms with Crippen molar-refractivity contribution in [2.45, 2.75) is 52.0 Å². The molecule has 1 aliphatic carbocycles. The van der Waals surface area contributed by atoms with Crippen molar-refractivity contribution in [1.29, 1.82) is 0 Å². The Morgan fingerprint density at radius 3 is 1.83 bits per heavy atom. The smallest absolute Gasteiger partial charge is 0.00954 e. The Bertz CT molecular complexity index is 104. The fourth-order valence-corrected chi connectivity index (χ4v) is 2.36. The summed E-state index contributed by atoms with van der Waals surface area (Å²) >= 11 is 0. The predicted octanol–water partition coefficient (Wildman–Crippen LogP) is 2.97. The van der Waals surface area contributed by atoms with Crippen LogP contribution < -0.4 is 5.73 Å². The summed E-state index contributed by atoms with van der Waals surface area (Å²) in [7, 11) is 0. The molecule has 1 aliphatic rings. The average molecular weight is 192 g/mol. The maximum absolute atomic E-state index is 6.14. The normalized spacial score (nSPS) is 35.8. The van der Waals surface area contributed by atoms with Crippen LogP contribution in [0.4, 0.5) is 0 Å². The van der Waals surface area contributed by atoms with Gasteiger partial charge in [0, 0.05) is 6.04 Å². The molecule has 1 nitrogen and oxygen atoms in total. The number of nitrogens with two attached hydrogens (primary N) is 1. The third-order valence-corrected chi connectivity index (χ3v) is 3.29. The summed E-state index contributed by atoms with van der Waals surface area (Å²) in [5, 5.41) is 0. The Morgan fingerprint density at radius 2 is 1.50 bits per heavy atom. The molecule has 74 valence electrons. The summed E-state index contributed by atoms with van der Waals surface area (Å²) in [5.74, 6) is 1.63. The minimum Gasteiger partial charge on any atom is -0.327 e. The van der Waals surface area contributed by atoms with Crippen LogP contribution in [0.3, 0.4) is 0 Å². The van der Waals surface area contributed by atoms with Gasteiger partial charge in [0.2, 0.25) is 0 Å². The van der Waals surface area contributed by atoms with E-state index >= 15 is 0 Å². The van der Waals surface area contributed by atoms with Crippen molar-refractivity contribution >= 4 is 12.4 Å². The molecule has 0 spiro atoms. The van der Waals surface area contributed by atoms with Crippen molar-refractivity contribution in [3.63, 3.8) is 0 Å². The van der Waals surface area contributed by atoms with E-state index < -0.39 is 0 Å². The Hall–Kier alpha value is 0.250. The highest BCUT2D eigenvalue weighted by Crippen LogP contribution is 2.31. The molecule has 1 unspecified atom stereocenters. The Kier molecular flexibility index (Phi) is 5.94. The fraction of sp³-hybridized carbons (Fsp3) is 1.00. The van der Waals surface area contributed by atoms with Gasteiger partial charge in [0.05, 0.1) is 0 Å². The summed E-state index contributed by atoms with van der Waals surface area (Å²) < 4.78 is 0. The van der Waals surface area contributed by atoms with E-state index in [2.05, 4.69) is 13.8 Å². The summed E-state index contributed by atoms with van der Waals surface area (Å²) in [6, 6.07) is 0.499. The van der Waals surface area contributed by atoms with E-state index in [9.17, 15) is 0 Å². The highest BCUT2D eigenvalue weighted by atomic mass is 35.5. The van der Waals surface area contributed by atoms with E-state index in [4.69, 9.17) is 5.73 Å². The van der Waals surface area contributed by atoms with Gasteiger partial charge in [-0.2, -0.15) is 0 Å². The largest absolute Gasteiger partial charge is 0.327 e. The first-order valence-electron chi connectivity index (χ1n) is 5.05. The van der Waals surface area contributed by atoms with Crippen LogP contribution in [0, 0.1) is 11.8 Å². The lowest BCUT2D eigenvalue weighted by molar-refractivity contribution is 0.210. The highest BCUT2D eigenvalue weighted by molar-refractivity contribution is 5.85. The Labute approximate surface area is 82.5 Å². The summed E-state index contributed by atoms with van der Waals surface area (Å²) in [5.41, 5.74) is 6.14. The van der Waals surface area contributed by atoms with Crippen LogP contribution in [0.1, 0.15) is 46.0 Å². The van der Waals surface area contributed by atoms with Gasteiger partial charge in [-0.05, 0) is 24.7 Å². The van der Waals surface area contributed by atoms with E-state index in [1.54, 1.807) is 0 Å². The first-order chi connectivity index (χ1) is 5.29. The van der Waals surface area contributed by atoms with Crippen LogP contribution in [0.15, 0.2) is 0 Å². The summed E-state index contributed by atoms with van der Waals surface area (Å²) in [6.07, 6.45) is 6.70. The molecule has 2 N–H and O–H groups in total. The van der Waals surface area contributed by atoms with Gasteiger partial charge in [0.1, 0.15) is 0 Å². The van der Waals surface area contributed by atoms with E-state index in [-0.39, 0.29) is 12.4 Å². The third kappa shape index (κ3) is 2.63. The molecule has 0 amide bonds. The minimum absolute atomic E-state index is 0. The quantitative estimate of drug-likeness (QED) is 0.714. The zero-order valence-electron chi connectivity index (χ0n) is 8.25. The second-order valence-electron chi connectivity index (χ2n) is 3.84. The highest BCUT2D eigenvalue weighted by Gasteiger charge is 2.27. The van der Waals surface area contributed by atoms with E-state index in [0.717, 1.165) is 11.8 Å². The van der Waals surface area contributed by atoms with E-state index in [0.29, 0.717) is 6.04 Å². The first kappa shape index (κ1) is 12.2. The van der Waals surface area contributed by atoms with Gasteiger partial charge in [-0.1, -0.05) is 33.1 Å². The molecule has 0 aliphatic heterocycles. The van der Waals surface area contributed by atoms with Gasteiger partial charge < -0.3 is 5.73 Å². The molecule has 0 radical (unpaired) electrons. The maximum Gasteiger partial charge on any atom is 0.00954 e. The lowest BCUT2D eigenvalue weighted by atomic mass is 9.75. The predicted molar refractivity (Wildman–Crippen MR) is 56.6 cm³/mol.